The highest BCUT2D eigenvalue weighted by Gasteiger charge is 2.21. The number of fused-ring (bicyclic) bond motifs is 1. The van der Waals surface area contributed by atoms with Gasteiger partial charge in [-0.3, -0.25) is 4.79 Å². The van der Waals surface area contributed by atoms with E-state index in [9.17, 15) is 9.90 Å². The lowest BCUT2D eigenvalue weighted by Gasteiger charge is -2.17. The number of carboxylic acid groups (broad SMARTS) is 1. The molecule has 1 aromatic heterocycles. The van der Waals surface area contributed by atoms with Crippen LogP contribution in [0.15, 0.2) is 48.7 Å². The van der Waals surface area contributed by atoms with Crippen LogP contribution in [0.3, 0.4) is 0 Å². The average molecular weight is 405 g/mol. The Bertz CT molecular complexity index is 966. The molecule has 2 N–H and O–H groups in total. The van der Waals surface area contributed by atoms with Gasteiger partial charge in [-0.1, -0.05) is 61.3 Å². The number of hydrogen-bond donors (Lipinski definition) is 2. The van der Waals surface area contributed by atoms with E-state index in [4.69, 9.17) is 23.2 Å². The van der Waals surface area contributed by atoms with Gasteiger partial charge in [0, 0.05) is 40.2 Å². The van der Waals surface area contributed by atoms with Gasteiger partial charge >= 0.3 is 5.97 Å². The molecule has 0 aliphatic heterocycles. The molecule has 1 heterocycles. The normalized spacial score (nSPS) is 12.6. The topological polar surface area (TPSA) is 54.3 Å². The molecule has 0 saturated carbocycles. The summed E-state index contributed by atoms with van der Waals surface area (Å²) in [5.74, 6) is -0.828. The van der Waals surface area contributed by atoms with Gasteiger partial charge in [-0.05, 0) is 35.2 Å². The van der Waals surface area contributed by atoms with E-state index in [0.29, 0.717) is 23.1 Å². The van der Waals surface area contributed by atoms with Gasteiger partial charge in [-0.25, -0.2) is 0 Å². The van der Waals surface area contributed by atoms with Crippen LogP contribution in [0.4, 0.5) is 0 Å². The molecule has 3 aromatic rings. The Kier molecular flexibility index (Phi) is 6.10. The highest BCUT2D eigenvalue weighted by molar-refractivity contribution is 6.35. The van der Waals surface area contributed by atoms with Crippen molar-refractivity contribution in [3.05, 3.63) is 69.8 Å². The van der Waals surface area contributed by atoms with Gasteiger partial charge in [0.25, 0.3) is 0 Å². The summed E-state index contributed by atoms with van der Waals surface area (Å²) in [6.45, 7) is 4.90. The zero-order chi connectivity index (χ0) is 19.6. The summed E-state index contributed by atoms with van der Waals surface area (Å²) in [5.41, 5.74) is 3.12. The first kappa shape index (κ1) is 19.7. The van der Waals surface area contributed by atoms with Crippen LogP contribution in [0.2, 0.25) is 10.0 Å². The fraction of sp³-hybridized carbons (Fsp3) is 0.286. The average Bonchev–Trinajstić information content (AvgIpc) is 2.95. The van der Waals surface area contributed by atoms with Gasteiger partial charge in [0.2, 0.25) is 0 Å². The number of aliphatic carboxylic acids is 1. The Balaban J connectivity index is 1.90. The summed E-state index contributed by atoms with van der Waals surface area (Å²) < 4.78 is 2.13. The maximum absolute atomic E-state index is 11.4. The van der Waals surface area contributed by atoms with Crippen LogP contribution >= 0.6 is 23.2 Å². The van der Waals surface area contributed by atoms with E-state index < -0.39 is 12.0 Å². The fourth-order valence-corrected chi connectivity index (χ4v) is 3.72. The number of nitrogens with zero attached hydrogens (tertiary/aromatic N) is 1. The summed E-state index contributed by atoms with van der Waals surface area (Å²) >= 11 is 12.3. The van der Waals surface area contributed by atoms with Crippen LogP contribution < -0.4 is 5.32 Å². The van der Waals surface area contributed by atoms with Gasteiger partial charge in [0.1, 0.15) is 6.04 Å². The van der Waals surface area contributed by atoms with E-state index in [0.717, 1.165) is 22.0 Å². The van der Waals surface area contributed by atoms with E-state index in [1.54, 1.807) is 6.07 Å². The highest BCUT2D eigenvalue weighted by atomic mass is 35.5. The maximum atomic E-state index is 11.4. The van der Waals surface area contributed by atoms with Gasteiger partial charge < -0.3 is 15.0 Å². The predicted molar refractivity (Wildman–Crippen MR) is 111 cm³/mol. The smallest absolute Gasteiger partial charge is 0.320 e. The molecule has 27 heavy (non-hydrogen) atoms. The molecule has 0 spiro atoms. The molecule has 0 radical (unpaired) electrons. The Morgan fingerprint density at radius 3 is 2.56 bits per heavy atom. The number of nitrogens with one attached hydrogen (secondary N) is 1. The number of aromatic nitrogens is 1. The van der Waals surface area contributed by atoms with Crippen molar-refractivity contribution in [1.29, 1.82) is 0 Å². The molecule has 0 aliphatic rings. The molecule has 0 fully saturated rings. The first-order valence-corrected chi connectivity index (χ1v) is 9.59. The van der Waals surface area contributed by atoms with E-state index >= 15 is 0 Å². The standard InChI is InChI=1S/C21H22Cl2N2O2/c1-13(2)20(21(26)27)24-10-15-12-25(19-6-4-3-5-17(15)19)11-14-7-8-16(22)9-18(14)23/h3-9,12-13,20,24H,10-11H2,1-2H3,(H,26,27). The molecule has 0 amide bonds. The van der Waals surface area contributed by atoms with Crippen molar-refractivity contribution >= 4 is 40.1 Å². The second kappa shape index (κ2) is 8.34. The van der Waals surface area contributed by atoms with Crippen LogP contribution in [0, 0.1) is 5.92 Å². The number of halogens is 2. The Morgan fingerprint density at radius 1 is 1.15 bits per heavy atom. The second-order valence-corrected chi connectivity index (χ2v) is 7.82. The molecule has 4 nitrogen and oxygen atoms in total. The number of benzene rings is 2. The van der Waals surface area contributed by atoms with Crippen molar-refractivity contribution in [2.75, 3.05) is 0 Å². The van der Waals surface area contributed by atoms with Gasteiger partial charge in [-0.2, -0.15) is 0 Å². The predicted octanol–water partition coefficient (Wildman–Crippen LogP) is 5.20. The van der Waals surface area contributed by atoms with Crippen molar-refractivity contribution in [2.45, 2.75) is 33.0 Å². The number of carboxylic acids is 1. The molecule has 0 saturated heterocycles. The quantitative estimate of drug-likeness (QED) is 0.569. The molecule has 1 unspecified atom stereocenters. The Labute approximate surface area is 168 Å². The van der Waals surface area contributed by atoms with Crippen molar-refractivity contribution in [3.63, 3.8) is 0 Å². The minimum absolute atomic E-state index is 0.00345. The van der Waals surface area contributed by atoms with Crippen LogP contribution in [-0.2, 0) is 17.9 Å². The fourth-order valence-electron chi connectivity index (χ4n) is 3.26. The van der Waals surface area contributed by atoms with Crippen LogP contribution in [0.5, 0.6) is 0 Å². The summed E-state index contributed by atoms with van der Waals surface area (Å²) in [5, 5.41) is 14.9. The largest absolute Gasteiger partial charge is 0.480 e. The molecule has 2 aromatic carbocycles. The molecule has 6 heteroatoms. The van der Waals surface area contributed by atoms with Gasteiger partial charge in [0.15, 0.2) is 0 Å². The summed E-state index contributed by atoms with van der Waals surface area (Å²) in [6, 6.07) is 13.0. The first-order valence-electron chi connectivity index (χ1n) is 8.83. The molecule has 3 rings (SSSR count). The molecule has 142 valence electrons. The third-order valence-corrected chi connectivity index (χ3v) is 5.26. The summed E-state index contributed by atoms with van der Waals surface area (Å²) in [4.78, 5) is 11.4. The van der Waals surface area contributed by atoms with Crippen LogP contribution in [0.1, 0.15) is 25.0 Å². The van der Waals surface area contributed by atoms with Crippen molar-refractivity contribution in [3.8, 4) is 0 Å². The van der Waals surface area contributed by atoms with Crippen LogP contribution in [0.25, 0.3) is 10.9 Å². The minimum Gasteiger partial charge on any atom is -0.480 e. The highest BCUT2D eigenvalue weighted by Crippen LogP contribution is 2.26. The first-order chi connectivity index (χ1) is 12.9. The monoisotopic (exact) mass is 404 g/mol. The minimum atomic E-state index is -0.832. The molecule has 0 aliphatic carbocycles. The van der Waals surface area contributed by atoms with Gasteiger partial charge in [0.05, 0.1) is 0 Å². The lowest BCUT2D eigenvalue weighted by molar-refractivity contribution is -0.140. The van der Waals surface area contributed by atoms with Gasteiger partial charge in [-0.15, -0.1) is 0 Å². The molecular formula is C21H22Cl2N2O2. The number of hydrogen-bond acceptors (Lipinski definition) is 2. The maximum Gasteiger partial charge on any atom is 0.320 e. The van der Waals surface area contributed by atoms with Crippen molar-refractivity contribution < 1.29 is 9.90 Å². The van der Waals surface area contributed by atoms with Crippen LogP contribution in [-0.4, -0.2) is 21.7 Å². The molecule has 1 atom stereocenters. The second-order valence-electron chi connectivity index (χ2n) is 6.98. The van der Waals surface area contributed by atoms with E-state index in [2.05, 4.69) is 28.2 Å². The lowest BCUT2D eigenvalue weighted by atomic mass is 10.0. The number of carbonyl (C=O) groups is 1. The summed E-state index contributed by atoms with van der Waals surface area (Å²) in [7, 11) is 0. The number of rotatable bonds is 7. The molecular weight excluding hydrogens is 383 g/mol. The zero-order valence-corrected chi connectivity index (χ0v) is 16.8. The number of para-hydroxylation sites is 1. The van der Waals surface area contributed by atoms with E-state index in [1.165, 1.54) is 0 Å². The third kappa shape index (κ3) is 4.46. The SMILES string of the molecule is CC(C)C(NCc1cn(Cc2ccc(Cl)cc2Cl)c2ccccc12)C(=O)O. The Morgan fingerprint density at radius 2 is 1.89 bits per heavy atom. The van der Waals surface area contributed by atoms with E-state index in [1.807, 2.05) is 38.1 Å². The Hall–Kier alpha value is -2.01. The molecule has 0 bridgehead atoms. The third-order valence-electron chi connectivity index (χ3n) is 4.67. The lowest BCUT2D eigenvalue weighted by Crippen LogP contribution is -2.40. The van der Waals surface area contributed by atoms with E-state index in [-0.39, 0.29) is 5.92 Å². The summed E-state index contributed by atoms with van der Waals surface area (Å²) in [6.07, 6.45) is 2.06. The zero-order valence-electron chi connectivity index (χ0n) is 15.2. The van der Waals surface area contributed by atoms with Crippen molar-refractivity contribution in [1.82, 2.24) is 9.88 Å². The van der Waals surface area contributed by atoms with Crippen molar-refractivity contribution in [2.24, 2.45) is 5.92 Å².